The summed E-state index contributed by atoms with van der Waals surface area (Å²) in [5.74, 6) is 0.398. The van der Waals surface area contributed by atoms with Crippen molar-refractivity contribution in [3.05, 3.63) is 54.3 Å². The van der Waals surface area contributed by atoms with Gasteiger partial charge in [-0.15, -0.1) is 10.2 Å². The first-order valence-electron chi connectivity index (χ1n) is 5.99. The van der Waals surface area contributed by atoms with E-state index in [-0.39, 0.29) is 5.82 Å². The Bertz CT molecular complexity index is 740. The topological polar surface area (TPSA) is 37.8 Å². The molecule has 94 valence electrons. The summed E-state index contributed by atoms with van der Waals surface area (Å²) in [6, 6.07) is 14.3. The second-order valence-corrected chi connectivity index (χ2v) is 4.17. The van der Waals surface area contributed by atoms with Gasteiger partial charge >= 0.3 is 0 Å². The fourth-order valence-electron chi connectivity index (χ4n) is 2.14. The molecule has 0 spiro atoms. The third-order valence-electron chi connectivity index (χ3n) is 3.05. The molecule has 0 radical (unpaired) electrons. The monoisotopic (exact) mass is 253 g/mol. The fraction of sp³-hybridized carbons (Fsp3) is 0.0667. The zero-order valence-corrected chi connectivity index (χ0v) is 10.4. The normalized spacial score (nSPS) is 10.6. The number of nitrogens with one attached hydrogen (secondary N) is 1. The SMILES string of the molecule is CNc1nnc(-c2ccccc2F)c2ccccc12. The third kappa shape index (κ3) is 1.91. The van der Waals surface area contributed by atoms with Crippen LogP contribution >= 0.6 is 0 Å². The van der Waals surface area contributed by atoms with Gasteiger partial charge in [-0.3, -0.25) is 0 Å². The first-order chi connectivity index (χ1) is 9.31. The molecule has 1 heterocycles. The van der Waals surface area contributed by atoms with Crippen LogP contribution in [0.1, 0.15) is 0 Å². The molecule has 0 aliphatic heterocycles. The summed E-state index contributed by atoms with van der Waals surface area (Å²) in [5, 5.41) is 13.1. The van der Waals surface area contributed by atoms with Crippen molar-refractivity contribution in [2.24, 2.45) is 0 Å². The number of hydrogen-bond acceptors (Lipinski definition) is 3. The molecule has 0 fully saturated rings. The number of nitrogens with zero attached hydrogens (tertiary/aromatic N) is 2. The number of hydrogen-bond donors (Lipinski definition) is 1. The largest absolute Gasteiger partial charge is 0.371 e. The summed E-state index contributed by atoms with van der Waals surface area (Å²) >= 11 is 0. The molecular weight excluding hydrogens is 241 g/mol. The van der Waals surface area contributed by atoms with Gasteiger partial charge in [0.15, 0.2) is 5.82 Å². The zero-order chi connectivity index (χ0) is 13.2. The number of anilines is 1. The molecular formula is C15H12FN3. The first-order valence-corrected chi connectivity index (χ1v) is 5.99. The van der Waals surface area contributed by atoms with Gasteiger partial charge in [0, 0.05) is 23.4 Å². The molecule has 1 N–H and O–H groups in total. The van der Waals surface area contributed by atoms with Gasteiger partial charge < -0.3 is 5.32 Å². The minimum atomic E-state index is -0.292. The Kier molecular flexibility index (Phi) is 2.83. The number of aromatic nitrogens is 2. The van der Waals surface area contributed by atoms with Crippen LogP contribution in [0.3, 0.4) is 0 Å². The second-order valence-electron chi connectivity index (χ2n) is 4.17. The van der Waals surface area contributed by atoms with Gasteiger partial charge in [0.2, 0.25) is 0 Å². The summed E-state index contributed by atoms with van der Waals surface area (Å²) < 4.78 is 13.9. The van der Waals surface area contributed by atoms with Crippen molar-refractivity contribution in [1.29, 1.82) is 0 Å². The van der Waals surface area contributed by atoms with Crippen molar-refractivity contribution in [1.82, 2.24) is 10.2 Å². The molecule has 0 amide bonds. The van der Waals surface area contributed by atoms with Gasteiger partial charge in [-0.05, 0) is 12.1 Å². The lowest BCUT2D eigenvalue weighted by Crippen LogP contribution is -1.99. The zero-order valence-electron chi connectivity index (χ0n) is 10.4. The maximum absolute atomic E-state index is 13.9. The van der Waals surface area contributed by atoms with E-state index in [4.69, 9.17) is 0 Å². The summed E-state index contributed by atoms with van der Waals surface area (Å²) in [5.41, 5.74) is 1.03. The lowest BCUT2D eigenvalue weighted by Gasteiger charge is -2.09. The second kappa shape index (κ2) is 4.65. The smallest absolute Gasteiger partial charge is 0.156 e. The molecule has 3 aromatic rings. The Morgan fingerprint density at radius 3 is 2.32 bits per heavy atom. The van der Waals surface area contributed by atoms with Crippen LogP contribution in [0.4, 0.5) is 10.2 Å². The van der Waals surface area contributed by atoms with Crippen LogP contribution in [0.2, 0.25) is 0 Å². The average molecular weight is 253 g/mol. The first kappa shape index (κ1) is 11.6. The summed E-state index contributed by atoms with van der Waals surface area (Å²) in [7, 11) is 1.79. The molecule has 3 rings (SSSR count). The highest BCUT2D eigenvalue weighted by molar-refractivity contribution is 5.99. The molecule has 4 heteroatoms. The Hall–Kier alpha value is -2.49. The Morgan fingerprint density at radius 1 is 0.895 bits per heavy atom. The molecule has 0 saturated carbocycles. The van der Waals surface area contributed by atoms with Crippen molar-refractivity contribution in [2.75, 3.05) is 12.4 Å². The molecule has 2 aromatic carbocycles. The van der Waals surface area contributed by atoms with Crippen LogP contribution in [0.25, 0.3) is 22.0 Å². The number of fused-ring (bicyclic) bond motifs is 1. The lowest BCUT2D eigenvalue weighted by molar-refractivity contribution is 0.630. The summed E-state index contributed by atoms with van der Waals surface area (Å²) in [4.78, 5) is 0. The van der Waals surface area contributed by atoms with Gasteiger partial charge in [0.25, 0.3) is 0 Å². The predicted molar refractivity (Wildman–Crippen MR) is 74.5 cm³/mol. The quantitative estimate of drug-likeness (QED) is 0.759. The Balaban J connectivity index is 2.35. The highest BCUT2D eigenvalue weighted by atomic mass is 19.1. The molecule has 0 saturated heterocycles. The van der Waals surface area contributed by atoms with Gasteiger partial charge in [-0.25, -0.2) is 4.39 Å². The molecule has 1 aromatic heterocycles. The predicted octanol–water partition coefficient (Wildman–Crippen LogP) is 3.48. The maximum Gasteiger partial charge on any atom is 0.156 e. The lowest BCUT2D eigenvalue weighted by atomic mass is 10.0. The molecule has 0 aliphatic carbocycles. The minimum Gasteiger partial charge on any atom is -0.371 e. The summed E-state index contributed by atoms with van der Waals surface area (Å²) in [6.45, 7) is 0. The van der Waals surface area contributed by atoms with Crippen LogP contribution in [0, 0.1) is 5.82 Å². The van der Waals surface area contributed by atoms with E-state index in [1.165, 1.54) is 6.07 Å². The number of halogens is 1. The Morgan fingerprint density at radius 2 is 1.58 bits per heavy atom. The average Bonchev–Trinajstić information content (AvgIpc) is 2.47. The van der Waals surface area contributed by atoms with Crippen LogP contribution in [0.5, 0.6) is 0 Å². The molecule has 3 nitrogen and oxygen atoms in total. The van der Waals surface area contributed by atoms with E-state index in [0.29, 0.717) is 17.1 Å². The van der Waals surface area contributed by atoms with Crippen molar-refractivity contribution >= 4 is 16.6 Å². The van der Waals surface area contributed by atoms with Crippen molar-refractivity contribution in [3.8, 4) is 11.3 Å². The standard InChI is InChI=1S/C15H12FN3/c1-17-15-11-7-3-2-6-10(11)14(18-19-15)12-8-4-5-9-13(12)16/h2-9H,1H3,(H,17,19). The molecule has 0 aliphatic rings. The van der Waals surface area contributed by atoms with Crippen LogP contribution < -0.4 is 5.32 Å². The van der Waals surface area contributed by atoms with Crippen molar-refractivity contribution in [3.63, 3.8) is 0 Å². The van der Waals surface area contributed by atoms with E-state index in [0.717, 1.165) is 10.8 Å². The van der Waals surface area contributed by atoms with Crippen LogP contribution in [0.15, 0.2) is 48.5 Å². The van der Waals surface area contributed by atoms with E-state index >= 15 is 0 Å². The minimum absolute atomic E-state index is 0.292. The van der Waals surface area contributed by atoms with E-state index in [2.05, 4.69) is 15.5 Å². The van der Waals surface area contributed by atoms with Crippen molar-refractivity contribution < 1.29 is 4.39 Å². The highest BCUT2D eigenvalue weighted by Gasteiger charge is 2.12. The third-order valence-corrected chi connectivity index (χ3v) is 3.05. The van der Waals surface area contributed by atoms with Crippen LogP contribution in [-0.4, -0.2) is 17.2 Å². The number of rotatable bonds is 2. The fourth-order valence-corrected chi connectivity index (χ4v) is 2.14. The molecule has 0 atom stereocenters. The van der Waals surface area contributed by atoms with E-state index in [1.54, 1.807) is 25.2 Å². The van der Waals surface area contributed by atoms with Gasteiger partial charge in [0.05, 0.1) is 0 Å². The van der Waals surface area contributed by atoms with Crippen molar-refractivity contribution in [2.45, 2.75) is 0 Å². The van der Waals surface area contributed by atoms with Gasteiger partial charge in [-0.2, -0.15) is 0 Å². The molecule has 19 heavy (non-hydrogen) atoms. The molecule has 0 unspecified atom stereocenters. The number of benzene rings is 2. The van der Waals surface area contributed by atoms with E-state index in [9.17, 15) is 4.39 Å². The summed E-state index contributed by atoms with van der Waals surface area (Å²) in [6.07, 6.45) is 0. The van der Waals surface area contributed by atoms with Gasteiger partial charge in [0.1, 0.15) is 11.5 Å². The highest BCUT2D eigenvalue weighted by Crippen LogP contribution is 2.30. The van der Waals surface area contributed by atoms with E-state index < -0.39 is 0 Å². The molecule has 0 bridgehead atoms. The van der Waals surface area contributed by atoms with Crippen LogP contribution in [-0.2, 0) is 0 Å². The Labute approximate surface area is 110 Å². The maximum atomic E-state index is 13.9. The van der Waals surface area contributed by atoms with E-state index in [1.807, 2.05) is 24.3 Å². The van der Waals surface area contributed by atoms with Gasteiger partial charge in [-0.1, -0.05) is 36.4 Å².